The quantitative estimate of drug-likeness (QED) is 0.541. The summed E-state index contributed by atoms with van der Waals surface area (Å²) in [6.07, 6.45) is 0. The SMILES string of the molecule is Cc1nc(Oc2ccccc2F)c2oc3ccccc3c2n1. The molecule has 0 aliphatic heterocycles. The van der Waals surface area contributed by atoms with Crippen LogP contribution in [0.4, 0.5) is 4.39 Å². The highest BCUT2D eigenvalue weighted by atomic mass is 19.1. The van der Waals surface area contributed by atoms with Crippen LogP contribution in [0, 0.1) is 12.7 Å². The van der Waals surface area contributed by atoms with Crippen molar-refractivity contribution in [1.82, 2.24) is 9.97 Å². The Balaban J connectivity index is 1.95. The molecule has 2 aromatic carbocycles. The zero-order valence-corrected chi connectivity index (χ0v) is 11.7. The van der Waals surface area contributed by atoms with Gasteiger partial charge in [-0.25, -0.2) is 9.37 Å². The summed E-state index contributed by atoms with van der Waals surface area (Å²) in [6.45, 7) is 1.76. The van der Waals surface area contributed by atoms with Gasteiger partial charge in [-0.05, 0) is 31.2 Å². The third-order valence-electron chi connectivity index (χ3n) is 3.34. The fourth-order valence-electron chi connectivity index (χ4n) is 2.37. The molecular formula is C17H11FN2O2. The molecule has 0 aliphatic rings. The standard InChI is InChI=1S/C17H11FN2O2/c1-10-19-15-11-6-2-4-8-13(11)21-16(15)17(20-10)22-14-9-5-3-7-12(14)18/h2-9H,1H3. The molecule has 4 nitrogen and oxygen atoms in total. The molecule has 0 saturated heterocycles. The second-order valence-electron chi connectivity index (χ2n) is 4.88. The summed E-state index contributed by atoms with van der Waals surface area (Å²) in [5.74, 6) is 0.388. The van der Waals surface area contributed by atoms with Gasteiger partial charge >= 0.3 is 0 Å². The molecule has 22 heavy (non-hydrogen) atoms. The summed E-state index contributed by atoms with van der Waals surface area (Å²) in [4.78, 5) is 8.65. The van der Waals surface area contributed by atoms with E-state index in [1.165, 1.54) is 6.07 Å². The zero-order valence-electron chi connectivity index (χ0n) is 11.7. The zero-order chi connectivity index (χ0) is 15.1. The number of rotatable bonds is 2. The number of ether oxygens (including phenoxy) is 1. The second-order valence-corrected chi connectivity index (χ2v) is 4.88. The maximum absolute atomic E-state index is 13.8. The molecule has 0 aliphatic carbocycles. The van der Waals surface area contributed by atoms with Crippen LogP contribution in [0.5, 0.6) is 11.6 Å². The average molecular weight is 294 g/mol. The molecule has 0 unspecified atom stereocenters. The Morgan fingerprint density at radius 2 is 1.77 bits per heavy atom. The van der Waals surface area contributed by atoms with Crippen molar-refractivity contribution < 1.29 is 13.5 Å². The third-order valence-corrected chi connectivity index (χ3v) is 3.34. The lowest BCUT2D eigenvalue weighted by atomic mass is 10.2. The Hall–Kier alpha value is -2.95. The van der Waals surface area contributed by atoms with E-state index < -0.39 is 5.82 Å². The molecule has 2 heterocycles. The fourth-order valence-corrected chi connectivity index (χ4v) is 2.37. The van der Waals surface area contributed by atoms with Gasteiger partial charge < -0.3 is 9.15 Å². The molecule has 0 bridgehead atoms. The Morgan fingerprint density at radius 3 is 2.64 bits per heavy atom. The van der Waals surface area contributed by atoms with Crippen LogP contribution in [-0.4, -0.2) is 9.97 Å². The van der Waals surface area contributed by atoms with Gasteiger partial charge in [-0.15, -0.1) is 0 Å². The van der Waals surface area contributed by atoms with E-state index in [9.17, 15) is 4.39 Å². The first-order valence-corrected chi connectivity index (χ1v) is 6.80. The molecule has 0 radical (unpaired) electrons. The minimum absolute atomic E-state index is 0.0994. The van der Waals surface area contributed by atoms with Crippen molar-refractivity contribution in [3.8, 4) is 11.6 Å². The van der Waals surface area contributed by atoms with E-state index in [0.29, 0.717) is 22.5 Å². The topological polar surface area (TPSA) is 48.2 Å². The van der Waals surface area contributed by atoms with Crippen molar-refractivity contribution >= 4 is 22.1 Å². The number of halogens is 1. The van der Waals surface area contributed by atoms with Crippen molar-refractivity contribution in [2.75, 3.05) is 0 Å². The number of fused-ring (bicyclic) bond motifs is 3. The molecular weight excluding hydrogens is 283 g/mol. The summed E-state index contributed by atoms with van der Waals surface area (Å²) in [5, 5.41) is 0.876. The molecule has 0 amide bonds. The number of hydrogen-bond acceptors (Lipinski definition) is 4. The van der Waals surface area contributed by atoms with Crippen molar-refractivity contribution in [2.45, 2.75) is 6.92 Å². The molecule has 0 saturated carbocycles. The monoisotopic (exact) mass is 294 g/mol. The van der Waals surface area contributed by atoms with Crippen molar-refractivity contribution in [3.63, 3.8) is 0 Å². The molecule has 0 N–H and O–H groups in total. The Morgan fingerprint density at radius 1 is 1.00 bits per heavy atom. The number of furan rings is 1. The number of nitrogens with zero attached hydrogens (tertiary/aromatic N) is 2. The van der Waals surface area contributed by atoms with Crippen LogP contribution in [-0.2, 0) is 0 Å². The summed E-state index contributed by atoms with van der Waals surface area (Å²) in [7, 11) is 0. The van der Waals surface area contributed by atoms with Gasteiger partial charge in [0.05, 0.1) is 0 Å². The molecule has 108 valence electrons. The number of aryl methyl sites for hydroxylation is 1. The maximum atomic E-state index is 13.8. The fraction of sp³-hybridized carbons (Fsp3) is 0.0588. The van der Waals surface area contributed by atoms with Crippen molar-refractivity contribution in [3.05, 3.63) is 60.2 Å². The highest BCUT2D eigenvalue weighted by Crippen LogP contribution is 2.34. The number of hydrogen-bond donors (Lipinski definition) is 0. The van der Waals surface area contributed by atoms with Crippen molar-refractivity contribution in [2.24, 2.45) is 0 Å². The lowest BCUT2D eigenvalue weighted by Crippen LogP contribution is -1.95. The lowest BCUT2D eigenvalue weighted by Gasteiger charge is -2.06. The molecule has 4 aromatic rings. The molecule has 0 spiro atoms. The molecule has 4 rings (SSSR count). The van der Waals surface area contributed by atoms with Crippen LogP contribution in [0.3, 0.4) is 0 Å². The average Bonchev–Trinajstić information content (AvgIpc) is 2.88. The predicted octanol–water partition coefficient (Wildman–Crippen LogP) is 4.62. The van der Waals surface area contributed by atoms with E-state index >= 15 is 0 Å². The number of para-hydroxylation sites is 2. The maximum Gasteiger partial charge on any atom is 0.267 e. The van der Waals surface area contributed by atoms with Gasteiger partial charge in [0.15, 0.2) is 11.6 Å². The van der Waals surface area contributed by atoms with Crippen LogP contribution in [0.1, 0.15) is 5.82 Å². The Labute approximate surface area is 125 Å². The first-order chi connectivity index (χ1) is 10.7. The minimum Gasteiger partial charge on any atom is -0.449 e. The van der Waals surface area contributed by atoms with Crippen LogP contribution < -0.4 is 4.74 Å². The van der Waals surface area contributed by atoms with Gasteiger partial charge in [0.1, 0.15) is 16.9 Å². The second kappa shape index (κ2) is 4.80. The van der Waals surface area contributed by atoms with Gasteiger partial charge in [-0.2, -0.15) is 4.98 Å². The van der Waals surface area contributed by atoms with Gasteiger partial charge in [-0.3, -0.25) is 0 Å². The van der Waals surface area contributed by atoms with Crippen LogP contribution in [0.2, 0.25) is 0 Å². The van der Waals surface area contributed by atoms with Gasteiger partial charge in [0.2, 0.25) is 5.58 Å². The Kier molecular flexibility index (Phi) is 2.79. The lowest BCUT2D eigenvalue weighted by molar-refractivity contribution is 0.422. The number of benzene rings is 2. The predicted molar refractivity (Wildman–Crippen MR) is 80.5 cm³/mol. The van der Waals surface area contributed by atoms with E-state index in [1.807, 2.05) is 24.3 Å². The molecule has 5 heteroatoms. The largest absolute Gasteiger partial charge is 0.449 e. The first-order valence-electron chi connectivity index (χ1n) is 6.80. The summed E-state index contributed by atoms with van der Waals surface area (Å²) >= 11 is 0. The molecule has 2 aromatic heterocycles. The van der Waals surface area contributed by atoms with Crippen molar-refractivity contribution in [1.29, 1.82) is 0 Å². The van der Waals surface area contributed by atoms with Gasteiger partial charge in [0.25, 0.3) is 5.88 Å². The van der Waals surface area contributed by atoms with Gasteiger partial charge in [0, 0.05) is 5.39 Å². The van der Waals surface area contributed by atoms with Gasteiger partial charge in [-0.1, -0.05) is 24.3 Å². The van der Waals surface area contributed by atoms with E-state index in [2.05, 4.69) is 9.97 Å². The third kappa shape index (κ3) is 1.98. The van der Waals surface area contributed by atoms with E-state index in [-0.39, 0.29) is 11.6 Å². The van der Waals surface area contributed by atoms with E-state index in [4.69, 9.17) is 9.15 Å². The highest BCUT2D eigenvalue weighted by Gasteiger charge is 2.17. The molecule has 0 atom stereocenters. The molecule has 0 fully saturated rings. The summed E-state index contributed by atoms with van der Waals surface area (Å²) in [6, 6.07) is 13.7. The number of aromatic nitrogens is 2. The first kappa shape index (κ1) is 12.8. The Bertz CT molecular complexity index is 994. The van der Waals surface area contributed by atoms with Crippen LogP contribution in [0.15, 0.2) is 52.9 Å². The summed E-state index contributed by atoms with van der Waals surface area (Å²) < 4.78 is 25.2. The smallest absolute Gasteiger partial charge is 0.267 e. The van der Waals surface area contributed by atoms with Crippen LogP contribution >= 0.6 is 0 Å². The van der Waals surface area contributed by atoms with Crippen LogP contribution in [0.25, 0.3) is 22.1 Å². The van der Waals surface area contributed by atoms with E-state index in [0.717, 1.165) is 5.39 Å². The minimum atomic E-state index is -0.456. The summed E-state index contributed by atoms with van der Waals surface area (Å²) in [5.41, 5.74) is 1.76. The highest BCUT2D eigenvalue weighted by molar-refractivity contribution is 6.03. The normalized spacial score (nSPS) is 11.2. The van der Waals surface area contributed by atoms with E-state index in [1.54, 1.807) is 25.1 Å².